The molecule has 2 aromatic heterocycles. The van der Waals surface area contributed by atoms with Crippen molar-refractivity contribution in [2.75, 3.05) is 7.05 Å². The largest absolute Gasteiger partial charge is 0.316 e. The summed E-state index contributed by atoms with van der Waals surface area (Å²) in [5, 5.41) is 5.06. The molecule has 0 spiro atoms. The van der Waals surface area contributed by atoms with E-state index in [1.165, 1.54) is 5.56 Å². The molecule has 0 atom stereocenters. The van der Waals surface area contributed by atoms with Gasteiger partial charge in [0, 0.05) is 18.9 Å². The molecule has 0 aliphatic rings. The highest BCUT2D eigenvalue weighted by molar-refractivity contribution is 9.10. The third-order valence-corrected chi connectivity index (χ3v) is 4.12. The van der Waals surface area contributed by atoms with Gasteiger partial charge >= 0.3 is 0 Å². The van der Waals surface area contributed by atoms with E-state index in [-0.39, 0.29) is 0 Å². The molecule has 2 aromatic rings. The summed E-state index contributed by atoms with van der Waals surface area (Å²) in [4.78, 5) is 8.73. The first kappa shape index (κ1) is 12.5. The zero-order chi connectivity index (χ0) is 12.1. The van der Waals surface area contributed by atoms with Gasteiger partial charge in [-0.15, -0.1) is 0 Å². The summed E-state index contributed by atoms with van der Waals surface area (Å²) in [6.45, 7) is 0.806. The molecular formula is C12H12BrN3S. The van der Waals surface area contributed by atoms with Crippen LogP contribution in [0.4, 0.5) is 0 Å². The molecule has 5 heteroatoms. The number of nitrogens with zero attached hydrogens (tertiary/aromatic N) is 2. The van der Waals surface area contributed by atoms with E-state index in [1.807, 2.05) is 25.2 Å². The number of pyridine rings is 2. The summed E-state index contributed by atoms with van der Waals surface area (Å²) in [6, 6.07) is 7.91. The third kappa shape index (κ3) is 3.28. The monoisotopic (exact) mass is 309 g/mol. The van der Waals surface area contributed by atoms with E-state index in [1.54, 1.807) is 24.2 Å². The summed E-state index contributed by atoms with van der Waals surface area (Å²) in [6.07, 6.45) is 3.59. The lowest BCUT2D eigenvalue weighted by molar-refractivity contribution is 0.789. The van der Waals surface area contributed by atoms with Crippen molar-refractivity contribution in [3.05, 3.63) is 46.7 Å². The van der Waals surface area contributed by atoms with Crippen LogP contribution >= 0.6 is 27.7 Å². The van der Waals surface area contributed by atoms with Crippen LogP contribution in [0.1, 0.15) is 5.56 Å². The predicted octanol–water partition coefficient (Wildman–Crippen LogP) is 3.11. The van der Waals surface area contributed by atoms with Crippen LogP contribution in [0.25, 0.3) is 0 Å². The van der Waals surface area contributed by atoms with Gasteiger partial charge in [0.15, 0.2) is 0 Å². The lowest BCUT2D eigenvalue weighted by atomic mass is 10.3. The van der Waals surface area contributed by atoms with E-state index in [0.29, 0.717) is 0 Å². The average Bonchev–Trinajstić information content (AvgIpc) is 2.35. The number of aromatic nitrogens is 2. The Labute approximate surface area is 113 Å². The second kappa shape index (κ2) is 6.14. The number of halogens is 1. The smallest absolute Gasteiger partial charge is 0.116 e. The summed E-state index contributed by atoms with van der Waals surface area (Å²) >= 11 is 5.06. The van der Waals surface area contributed by atoms with Gasteiger partial charge in [0.05, 0.1) is 4.47 Å². The molecule has 0 saturated carbocycles. The maximum absolute atomic E-state index is 4.40. The first-order valence-corrected chi connectivity index (χ1v) is 6.79. The second-order valence-corrected chi connectivity index (χ2v) is 5.22. The number of hydrogen-bond donors (Lipinski definition) is 1. The normalized spacial score (nSPS) is 10.5. The minimum atomic E-state index is 0.806. The van der Waals surface area contributed by atoms with Crippen molar-refractivity contribution in [2.24, 2.45) is 0 Å². The Morgan fingerprint density at radius 2 is 1.88 bits per heavy atom. The Kier molecular flexibility index (Phi) is 4.53. The third-order valence-electron chi connectivity index (χ3n) is 2.14. The molecule has 0 saturated heterocycles. The van der Waals surface area contributed by atoms with Crippen molar-refractivity contribution in [3.8, 4) is 0 Å². The second-order valence-electron chi connectivity index (χ2n) is 3.39. The Balaban J connectivity index is 2.27. The summed E-state index contributed by atoms with van der Waals surface area (Å²) in [7, 11) is 1.93. The fourth-order valence-corrected chi connectivity index (χ4v) is 2.72. The molecule has 0 unspecified atom stereocenters. The Bertz CT molecular complexity index is 505. The number of hydrogen-bond acceptors (Lipinski definition) is 4. The highest BCUT2D eigenvalue weighted by Gasteiger charge is 2.08. The molecule has 88 valence electrons. The van der Waals surface area contributed by atoms with Gasteiger partial charge in [-0.1, -0.05) is 6.07 Å². The lowest BCUT2D eigenvalue weighted by Gasteiger charge is -2.07. The maximum Gasteiger partial charge on any atom is 0.116 e. The molecule has 0 radical (unpaired) electrons. The lowest BCUT2D eigenvalue weighted by Crippen LogP contribution is -2.06. The van der Waals surface area contributed by atoms with Crippen LogP contribution < -0.4 is 5.32 Å². The number of rotatable bonds is 4. The standard InChI is InChI=1S/C12H12BrN3S/c1-14-8-9-4-2-6-15-11(9)17-12-10(13)5-3-7-16-12/h2-7,14H,8H2,1H3. The van der Waals surface area contributed by atoms with Gasteiger partial charge in [0.1, 0.15) is 10.1 Å². The van der Waals surface area contributed by atoms with E-state index in [9.17, 15) is 0 Å². The van der Waals surface area contributed by atoms with Crippen LogP contribution in [0.2, 0.25) is 0 Å². The Morgan fingerprint density at radius 1 is 1.18 bits per heavy atom. The van der Waals surface area contributed by atoms with Crippen molar-refractivity contribution >= 4 is 27.7 Å². The van der Waals surface area contributed by atoms with Crippen LogP contribution in [0.15, 0.2) is 51.2 Å². The van der Waals surface area contributed by atoms with Crippen LogP contribution in [0.5, 0.6) is 0 Å². The van der Waals surface area contributed by atoms with Gasteiger partial charge < -0.3 is 5.32 Å². The van der Waals surface area contributed by atoms with E-state index < -0.39 is 0 Å². The zero-order valence-corrected chi connectivity index (χ0v) is 11.8. The fraction of sp³-hybridized carbons (Fsp3) is 0.167. The zero-order valence-electron chi connectivity index (χ0n) is 9.35. The summed E-state index contributed by atoms with van der Waals surface area (Å²) < 4.78 is 0.992. The average molecular weight is 310 g/mol. The van der Waals surface area contributed by atoms with Gasteiger partial charge in [0.2, 0.25) is 0 Å². The SMILES string of the molecule is CNCc1cccnc1Sc1ncccc1Br. The van der Waals surface area contributed by atoms with E-state index in [4.69, 9.17) is 0 Å². The van der Waals surface area contributed by atoms with Gasteiger partial charge in [-0.3, -0.25) is 0 Å². The summed E-state index contributed by atoms with van der Waals surface area (Å²) in [5.41, 5.74) is 1.18. The van der Waals surface area contributed by atoms with Crippen LogP contribution in [0.3, 0.4) is 0 Å². The van der Waals surface area contributed by atoms with Gasteiger partial charge in [-0.05, 0) is 58.5 Å². The first-order valence-electron chi connectivity index (χ1n) is 5.18. The predicted molar refractivity (Wildman–Crippen MR) is 73.1 cm³/mol. The van der Waals surface area contributed by atoms with E-state index in [2.05, 4.69) is 37.3 Å². The highest BCUT2D eigenvalue weighted by atomic mass is 79.9. The van der Waals surface area contributed by atoms with Crippen LogP contribution in [0, 0.1) is 0 Å². The van der Waals surface area contributed by atoms with Crippen LogP contribution in [-0.2, 0) is 6.54 Å². The van der Waals surface area contributed by atoms with Gasteiger partial charge in [-0.25, -0.2) is 9.97 Å². The topological polar surface area (TPSA) is 37.8 Å². The molecule has 0 aromatic carbocycles. The molecule has 2 rings (SSSR count). The van der Waals surface area contributed by atoms with Gasteiger partial charge in [-0.2, -0.15) is 0 Å². The van der Waals surface area contributed by atoms with E-state index >= 15 is 0 Å². The molecule has 1 N–H and O–H groups in total. The molecule has 0 amide bonds. The van der Waals surface area contributed by atoms with Gasteiger partial charge in [0.25, 0.3) is 0 Å². The van der Waals surface area contributed by atoms with Crippen molar-refractivity contribution in [3.63, 3.8) is 0 Å². The van der Waals surface area contributed by atoms with Crippen molar-refractivity contribution in [1.82, 2.24) is 15.3 Å². The van der Waals surface area contributed by atoms with E-state index in [0.717, 1.165) is 21.1 Å². The summed E-state index contributed by atoms with van der Waals surface area (Å²) in [5.74, 6) is 0. The molecule has 0 aliphatic heterocycles. The molecule has 0 aliphatic carbocycles. The fourth-order valence-electron chi connectivity index (χ4n) is 1.38. The Morgan fingerprint density at radius 3 is 2.59 bits per heavy atom. The minimum Gasteiger partial charge on any atom is -0.316 e. The molecule has 3 nitrogen and oxygen atoms in total. The molecule has 2 heterocycles. The van der Waals surface area contributed by atoms with Crippen molar-refractivity contribution in [1.29, 1.82) is 0 Å². The molecule has 0 bridgehead atoms. The van der Waals surface area contributed by atoms with Crippen molar-refractivity contribution in [2.45, 2.75) is 16.6 Å². The minimum absolute atomic E-state index is 0.806. The first-order chi connectivity index (χ1) is 8.31. The van der Waals surface area contributed by atoms with Crippen molar-refractivity contribution < 1.29 is 0 Å². The Hall–Kier alpha value is -0.910. The maximum atomic E-state index is 4.40. The molecule has 0 fully saturated rings. The molecule has 17 heavy (non-hydrogen) atoms. The highest BCUT2D eigenvalue weighted by Crippen LogP contribution is 2.31. The quantitative estimate of drug-likeness (QED) is 0.941. The number of nitrogens with one attached hydrogen (secondary N) is 1. The van der Waals surface area contributed by atoms with Crippen LogP contribution in [-0.4, -0.2) is 17.0 Å². The molecular weight excluding hydrogens is 298 g/mol.